The molecular formula is C10H9BrN2O. The minimum atomic E-state index is 0.0322. The lowest BCUT2D eigenvalue weighted by atomic mass is 10.3. The molecule has 0 N–H and O–H groups in total. The van der Waals surface area contributed by atoms with Crippen LogP contribution in [0.5, 0.6) is 0 Å². The van der Waals surface area contributed by atoms with E-state index in [1.165, 1.54) is 5.01 Å². The number of halogens is 1. The molecule has 1 aromatic rings. The number of rotatable bonds is 1. The van der Waals surface area contributed by atoms with Crippen LogP contribution >= 0.6 is 15.9 Å². The molecule has 0 aromatic heterocycles. The Morgan fingerprint density at radius 1 is 1.36 bits per heavy atom. The molecule has 0 atom stereocenters. The van der Waals surface area contributed by atoms with E-state index >= 15 is 0 Å². The summed E-state index contributed by atoms with van der Waals surface area (Å²) >= 11 is 3.34. The van der Waals surface area contributed by atoms with Gasteiger partial charge in [-0.25, -0.2) is 5.01 Å². The Bertz CT molecular complexity index is 397. The van der Waals surface area contributed by atoms with Crippen LogP contribution in [0.15, 0.2) is 33.8 Å². The predicted molar refractivity (Wildman–Crippen MR) is 59.4 cm³/mol. The maximum absolute atomic E-state index is 11.5. The summed E-state index contributed by atoms with van der Waals surface area (Å²) in [6.07, 6.45) is 0.427. The van der Waals surface area contributed by atoms with Crippen molar-refractivity contribution in [2.24, 2.45) is 5.10 Å². The quantitative estimate of drug-likeness (QED) is 0.757. The first-order chi connectivity index (χ1) is 6.66. The second kappa shape index (κ2) is 3.53. The number of hydrogen-bond acceptors (Lipinski definition) is 2. The molecule has 1 aromatic carbocycles. The average molecular weight is 253 g/mol. The summed E-state index contributed by atoms with van der Waals surface area (Å²) in [7, 11) is 0. The maximum Gasteiger partial charge on any atom is 0.253 e. The standard InChI is InChI=1S/C10H9BrN2O/c1-7-6-10(14)13(12-7)9-4-2-8(11)3-5-9/h2-5H,6H2,1H3. The molecule has 72 valence electrons. The van der Waals surface area contributed by atoms with Crippen LogP contribution in [0.2, 0.25) is 0 Å². The zero-order valence-electron chi connectivity index (χ0n) is 7.70. The summed E-state index contributed by atoms with van der Waals surface area (Å²) in [5.41, 5.74) is 1.67. The highest BCUT2D eigenvalue weighted by Gasteiger charge is 2.22. The zero-order chi connectivity index (χ0) is 10.1. The highest BCUT2D eigenvalue weighted by atomic mass is 79.9. The van der Waals surface area contributed by atoms with Crippen molar-refractivity contribution in [3.8, 4) is 0 Å². The van der Waals surface area contributed by atoms with E-state index in [4.69, 9.17) is 0 Å². The Balaban J connectivity index is 2.32. The van der Waals surface area contributed by atoms with E-state index in [2.05, 4.69) is 21.0 Å². The number of amides is 1. The Morgan fingerprint density at radius 3 is 2.50 bits per heavy atom. The zero-order valence-corrected chi connectivity index (χ0v) is 9.28. The summed E-state index contributed by atoms with van der Waals surface area (Å²) < 4.78 is 0.994. The summed E-state index contributed by atoms with van der Waals surface area (Å²) in [4.78, 5) is 11.5. The van der Waals surface area contributed by atoms with Gasteiger partial charge in [-0.1, -0.05) is 15.9 Å². The Hall–Kier alpha value is -1.16. The first-order valence-electron chi connectivity index (χ1n) is 4.29. The Kier molecular flexibility index (Phi) is 2.37. The van der Waals surface area contributed by atoms with Crippen LogP contribution in [0.4, 0.5) is 5.69 Å². The molecule has 14 heavy (non-hydrogen) atoms. The molecule has 1 aliphatic heterocycles. The first-order valence-corrected chi connectivity index (χ1v) is 5.09. The number of carbonyl (C=O) groups excluding carboxylic acids is 1. The van der Waals surface area contributed by atoms with Crippen molar-refractivity contribution in [2.75, 3.05) is 5.01 Å². The molecule has 0 aliphatic carbocycles. The number of anilines is 1. The number of hydrazone groups is 1. The normalized spacial score (nSPS) is 16.0. The third-order valence-electron chi connectivity index (χ3n) is 1.99. The fourth-order valence-electron chi connectivity index (χ4n) is 1.34. The molecule has 0 fully saturated rings. The summed E-state index contributed by atoms with van der Waals surface area (Å²) in [5, 5.41) is 5.60. The first kappa shape index (κ1) is 9.40. The Labute approximate surface area is 90.5 Å². The lowest BCUT2D eigenvalue weighted by Crippen LogP contribution is -2.19. The van der Waals surface area contributed by atoms with Crippen molar-refractivity contribution < 1.29 is 4.79 Å². The van der Waals surface area contributed by atoms with Gasteiger partial charge in [-0.05, 0) is 31.2 Å². The van der Waals surface area contributed by atoms with Gasteiger partial charge in [0, 0.05) is 10.2 Å². The second-order valence-electron chi connectivity index (χ2n) is 3.19. The van der Waals surface area contributed by atoms with Gasteiger partial charge in [0.25, 0.3) is 5.91 Å². The van der Waals surface area contributed by atoms with Gasteiger partial charge in [0.2, 0.25) is 0 Å². The van der Waals surface area contributed by atoms with Crippen LogP contribution in [0.25, 0.3) is 0 Å². The molecule has 0 radical (unpaired) electrons. The van der Waals surface area contributed by atoms with Crippen LogP contribution in [0.3, 0.4) is 0 Å². The molecular weight excluding hydrogens is 244 g/mol. The van der Waals surface area contributed by atoms with Crippen molar-refractivity contribution in [1.29, 1.82) is 0 Å². The average Bonchev–Trinajstić information content (AvgIpc) is 2.47. The van der Waals surface area contributed by atoms with E-state index in [-0.39, 0.29) is 5.91 Å². The lowest BCUT2D eigenvalue weighted by Gasteiger charge is -2.11. The fourth-order valence-corrected chi connectivity index (χ4v) is 1.60. The Morgan fingerprint density at radius 2 is 2.00 bits per heavy atom. The fraction of sp³-hybridized carbons (Fsp3) is 0.200. The van der Waals surface area contributed by atoms with Crippen molar-refractivity contribution in [3.05, 3.63) is 28.7 Å². The van der Waals surface area contributed by atoms with E-state index in [0.29, 0.717) is 6.42 Å². The van der Waals surface area contributed by atoms with Crippen LogP contribution in [-0.2, 0) is 4.79 Å². The van der Waals surface area contributed by atoms with Crippen molar-refractivity contribution in [1.82, 2.24) is 0 Å². The van der Waals surface area contributed by atoms with Crippen LogP contribution in [-0.4, -0.2) is 11.6 Å². The van der Waals surface area contributed by atoms with E-state index < -0.39 is 0 Å². The third-order valence-corrected chi connectivity index (χ3v) is 2.51. The predicted octanol–water partition coefficient (Wildman–Crippen LogP) is 2.56. The molecule has 0 saturated carbocycles. The van der Waals surface area contributed by atoms with E-state index in [0.717, 1.165) is 15.9 Å². The monoisotopic (exact) mass is 252 g/mol. The summed E-state index contributed by atoms with van der Waals surface area (Å²) in [5.74, 6) is 0.0322. The summed E-state index contributed by atoms with van der Waals surface area (Å²) in [6.45, 7) is 1.86. The summed E-state index contributed by atoms with van der Waals surface area (Å²) in [6, 6.07) is 7.52. The van der Waals surface area contributed by atoms with Crippen molar-refractivity contribution in [2.45, 2.75) is 13.3 Å². The largest absolute Gasteiger partial charge is 0.272 e. The van der Waals surface area contributed by atoms with Crippen LogP contribution in [0.1, 0.15) is 13.3 Å². The van der Waals surface area contributed by atoms with Gasteiger partial charge in [0.1, 0.15) is 0 Å². The SMILES string of the molecule is CC1=NN(c2ccc(Br)cc2)C(=O)C1. The van der Waals surface area contributed by atoms with Gasteiger partial charge in [-0.3, -0.25) is 4.79 Å². The van der Waals surface area contributed by atoms with Crippen LogP contribution < -0.4 is 5.01 Å². The van der Waals surface area contributed by atoms with Gasteiger partial charge in [-0.15, -0.1) is 0 Å². The molecule has 4 heteroatoms. The number of nitrogens with zero attached hydrogens (tertiary/aromatic N) is 2. The second-order valence-corrected chi connectivity index (χ2v) is 4.11. The minimum absolute atomic E-state index is 0.0322. The number of benzene rings is 1. The molecule has 1 aliphatic rings. The highest BCUT2D eigenvalue weighted by molar-refractivity contribution is 9.10. The highest BCUT2D eigenvalue weighted by Crippen LogP contribution is 2.22. The topological polar surface area (TPSA) is 32.7 Å². The van der Waals surface area contributed by atoms with Gasteiger partial charge in [0.05, 0.1) is 12.1 Å². The number of hydrogen-bond donors (Lipinski definition) is 0. The van der Waals surface area contributed by atoms with Gasteiger partial charge < -0.3 is 0 Å². The maximum atomic E-state index is 11.5. The van der Waals surface area contributed by atoms with E-state index in [1.807, 2.05) is 31.2 Å². The molecule has 0 saturated heterocycles. The van der Waals surface area contributed by atoms with Gasteiger partial charge in [0.15, 0.2) is 0 Å². The molecule has 0 spiro atoms. The molecule has 0 unspecified atom stereocenters. The number of carbonyl (C=O) groups is 1. The lowest BCUT2D eigenvalue weighted by molar-refractivity contribution is -0.116. The van der Waals surface area contributed by atoms with Gasteiger partial charge >= 0.3 is 0 Å². The van der Waals surface area contributed by atoms with Gasteiger partial charge in [-0.2, -0.15) is 5.10 Å². The molecule has 3 nitrogen and oxygen atoms in total. The third kappa shape index (κ3) is 1.70. The molecule has 1 amide bonds. The molecule has 1 heterocycles. The minimum Gasteiger partial charge on any atom is -0.272 e. The van der Waals surface area contributed by atoms with E-state index in [9.17, 15) is 4.79 Å². The molecule has 0 bridgehead atoms. The van der Waals surface area contributed by atoms with E-state index in [1.54, 1.807) is 0 Å². The smallest absolute Gasteiger partial charge is 0.253 e. The van der Waals surface area contributed by atoms with Crippen LogP contribution in [0, 0.1) is 0 Å². The molecule has 2 rings (SSSR count). The van der Waals surface area contributed by atoms with Crippen molar-refractivity contribution >= 4 is 33.2 Å². The van der Waals surface area contributed by atoms with Crippen molar-refractivity contribution in [3.63, 3.8) is 0 Å².